The molecule has 3 heteroatoms. The maximum Gasteiger partial charge on any atom is 0.0550 e. The molecule has 0 aliphatic heterocycles. The molecule has 1 fully saturated rings. The number of benzene rings is 1. The average Bonchev–Trinajstić information content (AvgIpc) is 2.93. The van der Waals surface area contributed by atoms with Gasteiger partial charge < -0.3 is 5.32 Å². The molecule has 1 aromatic rings. The molecular formula is C11H13BrClN. The topological polar surface area (TPSA) is 12.0 Å². The van der Waals surface area contributed by atoms with Gasteiger partial charge in [-0.2, -0.15) is 0 Å². The van der Waals surface area contributed by atoms with Gasteiger partial charge in [-0.15, -0.1) is 0 Å². The zero-order chi connectivity index (χ0) is 10.2. The Hall–Kier alpha value is -0.0500. The highest BCUT2D eigenvalue weighted by atomic mass is 79.9. The zero-order valence-electron chi connectivity index (χ0n) is 8.11. The van der Waals surface area contributed by atoms with Crippen LogP contribution in [0, 0.1) is 0 Å². The quantitative estimate of drug-likeness (QED) is 0.891. The lowest BCUT2D eigenvalue weighted by atomic mass is 10.0. The van der Waals surface area contributed by atoms with Gasteiger partial charge in [0.1, 0.15) is 0 Å². The van der Waals surface area contributed by atoms with Crippen molar-refractivity contribution in [2.45, 2.75) is 24.8 Å². The van der Waals surface area contributed by atoms with Crippen molar-refractivity contribution in [3.63, 3.8) is 0 Å². The Labute approximate surface area is 98.0 Å². The van der Waals surface area contributed by atoms with E-state index in [9.17, 15) is 0 Å². The van der Waals surface area contributed by atoms with E-state index >= 15 is 0 Å². The molecule has 0 bridgehead atoms. The summed E-state index contributed by atoms with van der Waals surface area (Å²) in [5.74, 6) is 0. The summed E-state index contributed by atoms with van der Waals surface area (Å²) in [7, 11) is 2.04. The lowest BCUT2D eigenvalue weighted by molar-refractivity contribution is 0.549. The van der Waals surface area contributed by atoms with Gasteiger partial charge >= 0.3 is 0 Å². The minimum Gasteiger partial charge on any atom is -0.314 e. The van der Waals surface area contributed by atoms with Gasteiger partial charge in [-0.3, -0.25) is 0 Å². The number of nitrogens with one attached hydrogen (secondary N) is 1. The minimum absolute atomic E-state index is 0.358. The monoisotopic (exact) mass is 273 g/mol. The summed E-state index contributed by atoms with van der Waals surface area (Å²) in [6, 6.07) is 6.19. The third kappa shape index (κ3) is 2.13. The molecule has 0 saturated heterocycles. The standard InChI is InChI=1S/C11H13BrClN/c1-14-11(4-5-11)7-8-2-3-9(12)10(13)6-8/h2-3,6,14H,4-5,7H2,1H3. The van der Waals surface area contributed by atoms with E-state index in [2.05, 4.69) is 27.3 Å². The second-order valence-corrected chi connectivity index (χ2v) is 5.22. The van der Waals surface area contributed by atoms with Crippen LogP contribution in [0.5, 0.6) is 0 Å². The van der Waals surface area contributed by atoms with Gasteiger partial charge in [-0.05, 0) is 59.9 Å². The molecule has 0 heterocycles. The van der Waals surface area contributed by atoms with E-state index < -0.39 is 0 Å². The van der Waals surface area contributed by atoms with Crippen molar-refractivity contribution in [2.75, 3.05) is 7.05 Å². The Kier molecular flexibility index (Phi) is 2.87. The van der Waals surface area contributed by atoms with E-state index in [1.807, 2.05) is 19.2 Å². The van der Waals surface area contributed by atoms with Crippen LogP contribution in [-0.2, 0) is 6.42 Å². The number of hydrogen-bond donors (Lipinski definition) is 1. The fourth-order valence-electron chi connectivity index (χ4n) is 1.71. The third-order valence-corrected chi connectivity index (χ3v) is 4.14. The van der Waals surface area contributed by atoms with E-state index in [1.54, 1.807) is 0 Å². The Morgan fingerprint density at radius 3 is 2.71 bits per heavy atom. The number of hydrogen-bond acceptors (Lipinski definition) is 1. The first-order valence-corrected chi connectivity index (χ1v) is 5.95. The molecule has 2 rings (SSSR count). The van der Waals surface area contributed by atoms with E-state index in [-0.39, 0.29) is 0 Å². The lowest BCUT2D eigenvalue weighted by Crippen LogP contribution is -2.29. The molecule has 14 heavy (non-hydrogen) atoms. The fraction of sp³-hybridized carbons (Fsp3) is 0.455. The molecule has 1 saturated carbocycles. The van der Waals surface area contributed by atoms with Gasteiger partial charge in [0, 0.05) is 10.0 Å². The maximum absolute atomic E-state index is 6.04. The Morgan fingerprint density at radius 1 is 1.50 bits per heavy atom. The summed E-state index contributed by atoms with van der Waals surface area (Å²) < 4.78 is 0.970. The Morgan fingerprint density at radius 2 is 2.21 bits per heavy atom. The summed E-state index contributed by atoms with van der Waals surface area (Å²) in [4.78, 5) is 0. The summed E-state index contributed by atoms with van der Waals surface area (Å²) in [5, 5.41) is 4.18. The normalized spacial score (nSPS) is 18.2. The van der Waals surface area contributed by atoms with Crippen LogP contribution in [0.15, 0.2) is 22.7 Å². The van der Waals surface area contributed by atoms with Crippen LogP contribution in [0.2, 0.25) is 5.02 Å². The van der Waals surface area contributed by atoms with Crippen LogP contribution >= 0.6 is 27.5 Å². The van der Waals surface area contributed by atoms with Gasteiger partial charge in [-0.1, -0.05) is 17.7 Å². The van der Waals surface area contributed by atoms with Crippen molar-refractivity contribution in [3.8, 4) is 0 Å². The Balaban J connectivity index is 2.14. The highest BCUT2D eigenvalue weighted by molar-refractivity contribution is 9.10. The van der Waals surface area contributed by atoms with E-state index in [0.717, 1.165) is 15.9 Å². The number of halogens is 2. The average molecular weight is 275 g/mol. The molecule has 0 radical (unpaired) electrons. The zero-order valence-corrected chi connectivity index (χ0v) is 10.5. The van der Waals surface area contributed by atoms with Gasteiger partial charge in [0.05, 0.1) is 5.02 Å². The van der Waals surface area contributed by atoms with Crippen molar-refractivity contribution in [1.82, 2.24) is 5.32 Å². The SMILES string of the molecule is CNC1(Cc2ccc(Br)c(Cl)c2)CC1. The van der Waals surface area contributed by atoms with Crippen LogP contribution in [-0.4, -0.2) is 12.6 Å². The fourth-order valence-corrected chi connectivity index (χ4v) is 2.16. The minimum atomic E-state index is 0.358. The van der Waals surface area contributed by atoms with Crippen LogP contribution in [0.25, 0.3) is 0 Å². The molecule has 1 nitrogen and oxygen atoms in total. The van der Waals surface area contributed by atoms with Crippen LogP contribution in [0.1, 0.15) is 18.4 Å². The molecule has 0 spiro atoms. The maximum atomic E-state index is 6.04. The molecule has 1 aliphatic rings. The van der Waals surface area contributed by atoms with Crippen LogP contribution < -0.4 is 5.32 Å². The second kappa shape index (κ2) is 3.84. The highest BCUT2D eigenvalue weighted by Crippen LogP contribution is 2.38. The smallest absolute Gasteiger partial charge is 0.0550 e. The van der Waals surface area contributed by atoms with Crippen LogP contribution in [0.3, 0.4) is 0 Å². The molecule has 0 aromatic heterocycles. The third-order valence-electron chi connectivity index (χ3n) is 2.91. The first kappa shape index (κ1) is 10.5. The van der Waals surface area contributed by atoms with E-state index in [1.165, 1.54) is 18.4 Å². The van der Waals surface area contributed by atoms with Crippen molar-refractivity contribution < 1.29 is 0 Å². The Bertz CT molecular complexity index is 347. The van der Waals surface area contributed by atoms with Crippen LogP contribution in [0.4, 0.5) is 0 Å². The molecule has 1 N–H and O–H groups in total. The van der Waals surface area contributed by atoms with Crippen molar-refractivity contribution in [2.24, 2.45) is 0 Å². The second-order valence-electron chi connectivity index (χ2n) is 3.96. The molecule has 1 aromatic carbocycles. The highest BCUT2D eigenvalue weighted by Gasteiger charge is 2.40. The lowest BCUT2D eigenvalue weighted by Gasteiger charge is -2.14. The number of likely N-dealkylation sites (N-methyl/N-ethyl adjacent to an activating group) is 1. The van der Waals surface area contributed by atoms with Crippen molar-refractivity contribution >= 4 is 27.5 Å². The summed E-state index contributed by atoms with van der Waals surface area (Å²) in [6.45, 7) is 0. The predicted molar refractivity (Wildman–Crippen MR) is 63.9 cm³/mol. The largest absolute Gasteiger partial charge is 0.314 e. The first-order chi connectivity index (χ1) is 6.65. The summed E-state index contributed by atoms with van der Waals surface area (Å²) >= 11 is 9.43. The van der Waals surface area contributed by atoms with Crippen molar-refractivity contribution in [1.29, 1.82) is 0 Å². The molecule has 0 atom stereocenters. The van der Waals surface area contributed by atoms with Gasteiger partial charge in [-0.25, -0.2) is 0 Å². The predicted octanol–water partition coefficient (Wildman–Crippen LogP) is 3.40. The van der Waals surface area contributed by atoms with E-state index in [0.29, 0.717) is 5.54 Å². The molecule has 0 amide bonds. The number of rotatable bonds is 3. The van der Waals surface area contributed by atoms with Gasteiger partial charge in [0.2, 0.25) is 0 Å². The van der Waals surface area contributed by atoms with Gasteiger partial charge in [0.15, 0.2) is 0 Å². The molecule has 0 unspecified atom stereocenters. The molecular weight excluding hydrogens is 261 g/mol. The van der Waals surface area contributed by atoms with E-state index in [4.69, 9.17) is 11.6 Å². The van der Waals surface area contributed by atoms with Crippen molar-refractivity contribution in [3.05, 3.63) is 33.3 Å². The molecule has 1 aliphatic carbocycles. The first-order valence-electron chi connectivity index (χ1n) is 4.78. The van der Waals surface area contributed by atoms with Gasteiger partial charge in [0.25, 0.3) is 0 Å². The summed E-state index contributed by atoms with van der Waals surface area (Å²) in [6.07, 6.45) is 3.63. The summed E-state index contributed by atoms with van der Waals surface area (Å²) in [5.41, 5.74) is 1.67. The molecule has 76 valence electrons.